The Kier molecular flexibility index (Phi) is 2.84. The lowest BCUT2D eigenvalue weighted by Gasteiger charge is -2.03. The first-order valence-electron chi connectivity index (χ1n) is 4.19. The van der Waals surface area contributed by atoms with Crippen LogP contribution in [-0.2, 0) is 6.42 Å². The van der Waals surface area contributed by atoms with Crippen molar-refractivity contribution in [2.45, 2.75) is 13.3 Å². The maximum Gasteiger partial charge on any atom is 0.302 e. The lowest BCUT2D eigenvalue weighted by atomic mass is 10.1. The van der Waals surface area contributed by atoms with E-state index in [4.69, 9.17) is 5.73 Å². The molecule has 0 saturated carbocycles. The van der Waals surface area contributed by atoms with Crippen LogP contribution in [0.3, 0.4) is 0 Å². The lowest BCUT2D eigenvalue weighted by Crippen LogP contribution is -2.03. The van der Waals surface area contributed by atoms with Gasteiger partial charge >= 0.3 is 5.69 Å². The largest absolute Gasteiger partial charge is 0.393 e. The first-order valence-corrected chi connectivity index (χ1v) is 4.19. The molecule has 0 aliphatic carbocycles. The van der Waals surface area contributed by atoms with Crippen LogP contribution in [0.1, 0.15) is 12.5 Å². The number of nitrogens with zero attached hydrogens (tertiary/aromatic N) is 2. The summed E-state index contributed by atoms with van der Waals surface area (Å²) in [5.74, 6) is 0. The van der Waals surface area contributed by atoms with Crippen LogP contribution in [0.5, 0.6) is 0 Å². The van der Waals surface area contributed by atoms with Gasteiger partial charge in [0.1, 0.15) is 11.3 Å². The molecule has 2 N–H and O–H groups in total. The molecule has 0 bridgehead atoms. The Labute approximate surface area is 84.8 Å². The molecule has 1 rings (SSSR count). The molecule has 0 unspecified atom stereocenters. The molecule has 0 aliphatic heterocycles. The zero-order valence-electron chi connectivity index (χ0n) is 7.97. The minimum absolute atomic E-state index is 0.0533. The topological polar surface area (TPSA) is 112 Å². The van der Waals surface area contributed by atoms with Gasteiger partial charge < -0.3 is 5.73 Å². The molecule has 0 heterocycles. The van der Waals surface area contributed by atoms with Crippen molar-refractivity contribution in [3.05, 3.63) is 37.9 Å². The summed E-state index contributed by atoms with van der Waals surface area (Å²) in [6.07, 6.45) is 0.192. The summed E-state index contributed by atoms with van der Waals surface area (Å²) in [7, 11) is 0. The van der Waals surface area contributed by atoms with Gasteiger partial charge in [-0.25, -0.2) is 0 Å². The molecular weight excluding hydrogens is 202 g/mol. The molecule has 0 aromatic heterocycles. The minimum atomic E-state index is -0.693. The summed E-state index contributed by atoms with van der Waals surface area (Å²) in [5.41, 5.74) is 4.78. The van der Waals surface area contributed by atoms with E-state index in [0.717, 1.165) is 0 Å². The van der Waals surface area contributed by atoms with Crippen molar-refractivity contribution in [3.63, 3.8) is 0 Å². The Bertz CT molecular complexity index is 430. The van der Waals surface area contributed by atoms with Gasteiger partial charge in [0.2, 0.25) is 0 Å². The van der Waals surface area contributed by atoms with Crippen LogP contribution in [0.15, 0.2) is 12.1 Å². The smallest absolute Gasteiger partial charge is 0.302 e. The van der Waals surface area contributed by atoms with E-state index in [2.05, 4.69) is 0 Å². The highest BCUT2D eigenvalue weighted by atomic mass is 16.6. The highest BCUT2D eigenvalue weighted by Gasteiger charge is 2.26. The molecule has 7 heteroatoms. The van der Waals surface area contributed by atoms with Crippen LogP contribution in [0.4, 0.5) is 17.1 Å². The minimum Gasteiger partial charge on any atom is -0.393 e. The van der Waals surface area contributed by atoms with Crippen LogP contribution < -0.4 is 5.73 Å². The highest BCUT2D eigenvalue weighted by Crippen LogP contribution is 2.33. The number of benzene rings is 1. The van der Waals surface area contributed by atoms with Crippen molar-refractivity contribution in [2.75, 3.05) is 5.73 Å². The fourth-order valence-corrected chi connectivity index (χ4v) is 1.38. The van der Waals surface area contributed by atoms with E-state index in [1.54, 1.807) is 6.92 Å². The van der Waals surface area contributed by atoms with Crippen LogP contribution in [0.2, 0.25) is 0 Å². The first kappa shape index (κ1) is 10.9. The number of anilines is 1. The molecule has 0 spiro atoms. The van der Waals surface area contributed by atoms with Crippen molar-refractivity contribution < 1.29 is 9.85 Å². The van der Waals surface area contributed by atoms with Crippen LogP contribution in [0.25, 0.3) is 0 Å². The molecule has 15 heavy (non-hydrogen) atoms. The van der Waals surface area contributed by atoms with Gasteiger partial charge in [0, 0.05) is 6.07 Å². The number of hydrogen-bond donors (Lipinski definition) is 1. The zero-order valence-corrected chi connectivity index (χ0v) is 7.97. The SMILES string of the molecule is CCc1c([N+](=O)[O-])ccc(N)c1[N+](=O)[O-]. The quantitative estimate of drug-likeness (QED) is 0.464. The monoisotopic (exact) mass is 211 g/mol. The Morgan fingerprint density at radius 2 is 1.87 bits per heavy atom. The standard InChI is InChI=1S/C8H9N3O4/c1-2-5-7(10(12)13)4-3-6(9)8(5)11(14)15/h3-4H,2,9H2,1H3. The molecule has 7 nitrogen and oxygen atoms in total. The summed E-state index contributed by atoms with van der Waals surface area (Å²) in [6, 6.07) is 2.36. The van der Waals surface area contributed by atoms with E-state index < -0.39 is 9.85 Å². The van der Waals surface area contributed by atoms with E-state index in [0.29, 0.717) is 0 Å². The van der Waals surface area contributed by atoms with Crippen molar-refractivity contribution in [1.29, 1.82) is 0 Å². The third-order valence-electron chi connectivity index (χ3n) is 2.02. The second-order valence-corrected chi connectivity index (χ2v) is 2.87. The number of nitro benzene ring substituents is 2. The maximum absolute atomic E-state index is 10.7. The van der Waals surface area contributed by atoms with Crippen LogP contribution >= 0.6 is 0 Å². The number of nitrogens with two attached hydrogens (primary N) is 1. The number of rotatable bonds is 3. The fraction of sp³-hybridized carbons (Fsp3) is 0.250. The lowest BCUT2D eigenvalue weighted by molar-refractivity contribution is -0.394. The van der Waals surface area contributed by atoms with Crippen LogP contribution in [0, 0.1) is 20.2 Å². The van der Waals surface area contributed by atoms with Gasteiger partial charge in [0.25, 0.3) is 5.69 Å². The van der Waals surface area contributed by atoms with Gasteiger partial charge in [-0.2, -0.15) is 0 Å². The molecule has 1 aromatic rings. The second-order valence-electron chi connectivity index (χ2n) is 2.87. The van der Waals surface area contributed by atoms with E-state index in [1.807, 2.05) is 0 Å². The summed E-state index contributed by atoms with van der Waals surface area (Å²) in [4.78, 5) is 19.9. The Morgan fingerprint density at radius 1 is 1.27 bits per heavy atom. The molecule has 0 fully saturated rings. The number of nitrogen functional groups attached to an aromatic ring is 1. The zero-order chi connectivity index (χ0) is 11.6. The highest BCUT2D eigenvalue weighted by molar-refractivity contribution is 5.68. The summed E-state index contributed by atoms with van der Waals surface area (Å²) >= 11 is 0. The first-order chi connectivity index (χ1) is 6.99. The molecular formula is C8H9N3O4. The van der Waals surface area contributed by atoms with Crippen LogP contribution in [-0.4, -0.2) is 9.85 Å². The summed E-state index contributed by atoms with van der Waals surface area (Å²) in [5, 5.41) is 21.3. The average molecular weight is 211 g/mol. The van der Waals surface area contributed by atoms with Crippen molar-refractivity contribution in [3.8, 4) is 0 Å². The predicted octanol–water partition coefficient (Wildman–Crippen LogP) is 1.65. The normalized spacial score (nSPS) is 9.93. The molecule has 1 aromatic carbocycles. The Balaban J connectivity index is 3.54. The third kappa shape index (κ3) is 1.85. The molecule has 0 amide bonds. The maximum atomic E-state index is 10.7. The second kappa shape index (κ2) is 3.91. The van der Waals surface area contributed by atoms with E-state index in [1.165, 1.54) is 12.1 Å². The van der Waals surface area contributed by atoms with Crippen molar-refractivity contribution in [2.24, 2.45) is 0 Å². The average Bonchev–Trinajstić information content (AvgIpc) is 2.15. The van der Waals surface area contributed by atoms with E-state index in [-0.39, 0.29) is 29.0 Å². The predicted molar refractivity (Wildman–Crippen MR) is 53.5 cm³/mol. The molecule has 0 aliphatic rings. The van der Waals surface area contributed by atoms with Gasteiger partial charge in [-0.15, -0.1) is 0 Å². The van der Waals surface area contributed by atoms with Gasteiger partial charge in [0.15, 0.2) is 0 Å². The molecule has 0 saturated heterocycles. The number of nitro groups is 2. The molecule has 0 radical (unpaired) electrons. The number of hydrogen-bond acceptors (Lipinski definition) is 5. The Hall–Kier alpha value is -2.18. The van der Waals surface area contributed by atoms with Gasteiger partial charge in [-0.3, -0.25) is 20.2 Å². The molecule has 80 valence electrons. The summed E-state index contributed by atoms with van der Waals surface area (Å²) < 4.78 is 0. The molecule has 0 atom stereocenters. The fourth-order valence-electron chi connectivity index (χ4n) is 1.38. The Morgan fingerprint density at radius 3 is 2.27 bits per heavy atom. The summed E-state index contributed by atoms with van der Waals surface area (Å²) in [6.45, 7) is 1.61. The van der Waals surface area contributed by atoms with E-state index >= 15 is 0 Å². The van der Waals surface area contributed by atoms with Crippen molar-refractivity contribution >= 4 is 17.1 Å². The van der Waals surface area contributed by atoms with Gasteiger partial charge in [-0.1, -0.05) is 6.92 Å². The van der Waals surface area contributed by atoms with E-state index in [9.17, 15) is 20.2 Å². The third-order valence-corrected chi connectivity index (χ3v) is 2.02. The van der Waals surface area contributed by atoms with Crippen molar-refractivity contribution in [1.82, 2.24) is 0 Å². The van der Waals surface area contributed by atoms with Gasteiger partial charge in [0.05, 0.1) is 9.85 Å². The van der Waals surface area contributed by atoms with Gasteiger partial charge in [-0.05, 0) is 12.5 Å².